The maximum Gasteiger partial charge on any atom is 0.309 e. The van der Waals surface area contributed by atoms with Gasteiger partial charge in [-0.25, -0.2) is 0 Å². The molecule has 0 heterocycles. The molecule has 1 rings (SSSR count). The summed E-state index contributed by atoms with van der Waals surface area (Å²) in [4.78, 5) is 48.6. The first kappa shape index (κ1) is 24.3. The van der Waals surface area contributed by atoms with Gasteiger partial charge in [-0.2, -0.15) is 0 Å². The summed E-state index contributed by atoms with van der Waals surface area (Å²) in [6.07, 6.45) is -0.560. The zero-order valence-electron chi connectivity index (χ0n) is 17.8. The topological polar surface area (TPSA) is 98.8 Å². The van der Waals surface area contributed by atoms with E-state index >= 15 is 0 Å². The van der Waals surface area contributed by atoms with Crippen LogP contribution >= 0.6 is 0 Å². The summed E-state index contributed by atoms with van der Waals surface area (Å²) in [5, 5.41) is 2.72. The highest BCUT2D eigenvalue weighted by Gasteiger charge is 2.35. The van der Waals surface area contributed by atoms with E-state index in [0.29, 0.717) is 12.8 Å². The van der Waals surface area contributed by atoms with E-state index in [1.54, 1.807) is 0 Å². The number of rotatable bonds is 11. The standard InChI is InChI=1S/C22H31NO6/c1-14(2)11-18(22(27)28-5)13-20(26)21(29-16(4)25)19(23-15(3)24)12-17-9-7-6-8-10-17/h6-10,14,18-19,21H,11-13H2,1-5H3,(H,23,24)/t18-,19-,21+/m1/s1. The third-order valence-corrected chi connectivity index (χ3v) is 4.40. The fourth-order valence-electron chi connectivity index (χ4n) is 3.27. The van der Waals surface area contributed by atoms with Gasteiger partial charge in [0.05, 0.1) is 19.1 Å². The minimum Gasteiger partial charge on any atom is -0.469 e. The van der Waals surface area contributed by atoms with E-state index in [1.165, 1.54) is 21.0 Å². The third kappa shape index (κ3) is 8.89. The van der Waals surface area contributed by atoms with E-state index in [0.717, 1.165) is 5.56 Å². The summed E-state index contributed by atoms with van der Waals surface area (Å²) in [5.41, 5.74) is 0.878. The lowest BCUT2D eigenvalue weighted by Gasteiger charge is -2.27. The molecule has 0 aromatic heterocycles. The highest BCUT2D eigenvalue weighted by Crippen LogP contribution is 2.21. The molecular weight excluding hydrogens is 374 g/mol. The number of hydrogen-bond acceptors (Lipinski definition) is 6. The number of methoxy groups -OCH3 is 1. The van der Waals surface area contributed by atoms with Crippen LogP contribution in [-0.4, -0.2) is 42.9 Å². The number of esters is 2. The zero-order chi connectivity index (χ0) is 22.0. The van der Waals surface area contributed by atoms with Gasteiger partial charge in [-0.1, -0.05) is 44.2 Å². The Bertz CT molecular complexity index is 701. The van der Waals surface area contributed by atoms with E-state index in [1.807, 2.05) is 44.2 Å². The predicted octanol–water partition coefficient (Wildman–Crippen LogP) is 2.46. The first-order chi connectivity index (χ1) is 13.6. The molecule has 29 heavy (non-hydrogen) atoms. The molecule has 0 saturated heterocycles. The van der Waals surface area contributed by atoms with Crippen LogP contribution in [0.4, 0.5) is 0 Å². The number of Topliss-reactive ketones (excluding diaryl/α,β-unsaturated/α-hetero) is 1. The summed E-state index contributed by atoms with van der Waals surface area (Å²) in [5.74, 6) is -2.35. The lowest BCUT2D eigenvalue weighted by Crippen LogP contribution is -2.50. The van der Waals surface area contributed by atoms with Gasteiger partial charge in [-0.05, 0) is 24.3 Å². The number of hydrogen-bond donors (Lipinski definition) is 1. The van der Waals surface area contributed by atoms with Crippen LogP contribution in [-0.2, 0) is 35.1 Å². The maximum absolute atomic E-state index is 13.1. The van der Waals surface area contributed by atoms with Crippen molar-refractivity contribution in [1.82, 2.24) is 5.32 Å². The summed E-state index contributed by atoms with van der Waals surface area (Å²) >= 11 is 0. The van der Waals surface area contributed by atoms with Crippen molar-refractivity contribution in [1.29, 1.82) is 0 Å². The first-order valence-corrected chi connectivity index (χ1v) is 9.72. The fraction of sp³-hybridized carbons (Fsp3) is 0.545. The maximum atomic E-state index is 13.1. The summed E-state index contributed by atoms with van der Waals surface area (Å²) in [6.45, 7) is 6.43. The van der Waals surface area contributed by atoms with Crippen molar-refractivity contribution in [2.75, 3.05) is 7.11 Å². The van der Waals surface area contributed by atoms with Gasteiger partial charge in [0, 0.05) is 20.3 Å². The van der Waals surface area contributed by atoms with Crippen molar-refractivity contribution >= 4 is 23.6 Å². The summed E-state index contributed by atoms with van der Waals surface area (Å²) < 4.78 is 10.1. The molecule has 1 aromatic rings. The Labute approximate surface area is 172 Å². The Morgan fingerprint density at radius 2 is 1.66 bits per heavy atom. The molecule has 0 radical (unpaired) electrons. The zero-order valence-corrected chi connectivity index (χ0v) is 17.8. The first-order valence-electron chi connectivity index (χ1n) is 9.72. The average Bonchev–Trinajstić information content (AvgIpc) is 2.64. The van der Waals surface area contributed by atoms with Crippen LogP contribution in [0, 0.1) is 11.8 Å². The second-order valence-corrected chi connectivity index (χ2v) is 7.55. The van der Waals surface area contributed by atoms with E-state index in [-0.39, 0.29) is 18.2 Å². The molecule has 1 aromatic carbocycles. The number of ether oxygens (including phenoxy) is 2. The van der Waals surface area contributed by atoms with Crippen molar-refractivity contribution in [2.24, 2.45) is 11.8 Å². The molecule has 0 fully saturated rings. The van der Waals surface area contributed by atoms with Crippen molar-refractivity contribution in [3.05, 3.63) is 35.9 Å². The predicted molar refractivity (Wildman–Crippen MR) is 108 cm³/mol. The van der Waals surface area contributed by atoms with Crippen LogP contribution in [0.25, 0.3) is 0 Å². The van der Waals surface area contributed by atoms with Gasteiger partial charge in [0.15, 0.2) is 11.9 Å². The Morgan fingerprint density at radius 3 is 2.14 bits per heavy atom. The number of amides is 1. The third-order valence-electron chi connectivity index (χ3n) is 4.40. The second kappa shape index (κ2) is 12.0. The average molecular weight is 405 g/mol. The van der Waals surface area contributed by atoms with Gasteiger partial charge < -0.3 is 14.8 Å². The molecule has 0 unspecified atom stereocenters. The van der Waals surface area contributed by atoms with Crippen LogP contribution in [0.5, 0.6) is 0 Å². The molecule has 7 nitrogen and oxygen atoms in total. The summed E-state index contributed by atoms with van der Waals surface area (Å²) in [6, 6.07) is 8.53. The van der Waals surface area contributed by atoms with Crippen molar-refractivity contribution in [3.8, 4) is 0 Å². The lowest BCUT2D eigenvalue weighted by atomic mass is 9.88. The number of benzene rings is 1. The quantitative estimate of drug-likeness (QED) is 0.568. The van der Waals surface area contributed by atoms with E-state index in [4.69, 9.17) is 9.47 Å². The van der Waals surface area contributed by atoms with Gasteiger partial charge in [-0.15, -0.1) is 0 Å². The van der Waals surface area contributed by atoms with Crippen molar-refractivity contribution in [2.45, 2.75) is 59.1 Å². The SMILES string of the molecule is COC(=O)[C@@H](CC(=O)[C@@H](OC(C)=O)[C@@H](Cc1ccccc1)NC(C)=O)CC(C)C. The van der Waals surface area contributed by atoms with Crippen molar-refractivity contribution < 1.29 is 28.7 Å². The molecule has 7 heteroatoms. The number of carbonyl (C=O) groups excluding carboxylic acids is 4. The minimum atomic E-state index is -1.20. The van der Waals surface area contributed by atoms with Gasteiger partial charge in [0.2, 0.25) is 5.91 Å². The largest absolute Gasteiger partial charge is 0.469 e. The molecule has 3 atom stereocenters. The smallest absolute Gasteiger partial charge is 0.309 e. The van der Waals surface area contributed by atoms with Gasteiger partial charge in [0.1, 0.15) is 0 Å². The molecule has 0 spiro atoms. The van der Waals surface area contributed by atoms with Gasteiger partial charge >= 0.3 is 11.9 Å². The van der Waals surface area contributed by atoms with Crippen LogP contribution in [0.2, 0.25) is 0 Å². The number of ketones is 1. The molecule has 0 aliphatic rings. The lowest BCUT2D eigenvalue weighted by molar-refractivity contribution is -0.157. The van der Waals surface area contributed by atoms with E-state index in [9.17, 15) is 19.2 Å². The highest BCUT2D eigenvalue weighted by atomic mass is 16.5. The van der Waals surface area contributed by atoms with Gasteiger partial charge in [-0.3, -0.25) is 19.2 Å². The molecule has 0 aliphatic heterocycles. The summed E-state index contributed by atoms with van der Waals surface area (Å²) in [7, 11) is 1.28. The molecule has 160 valence electrons. The van der Waals surface area contributed by atoms with Crippen molar-refractivity contribution in [3.63, 3.8) is 0 Å². The van der Waals surface area contributed by atoms with Crippen LogP contribution in [0.1, 0.15) is 46.1 Å². The normalized spacial score (nSPS) is 13.9. The molecule has 1 amide bonds. The van der Waals surface area contributed by atoms with E-state index in [2.05, 4.69) is 5.32 Å². The number of carbonyl (C=O) groups is 4. The Kier molecular flexibility index (Phi) is 10.1. The molecule has 0 bridgehead atoms. The fourth-order valence-corrected chi connectivity index (χ4v) is 3.27. The van der Waals surface area contributed by atoms with E-state index < -0.39 is 35.8 Å². The Balaban J connectivity index is 3.13. The highest BCUT2D eigenvalue weighted by molar-refractivity contribution is 5.90. The Morgan fingerprint density at radius 1 is 1.03 bits per heavy atom. The Hall–Kier alpha value is -2.70. The monoisotopic (exact) mass is 405 g/mol. The minimum absolute atomic E-state index is 0.131. The molecular formula is C22H31NO6. The number of nitrogens with one attached hydrogen (secondary N) is 1. The second-order valence-electron chi connectivity index (χ2n) is 7.55. The van der Waals surface area contributed by atoms with Gasteiger partial charge in [0.25, 0.3) is 0 Å². The molecule has 0 saturated carbocycles. The molecule has 1 N–H and O–H groups in total. The van der Waals surface area contributed by atoms with Crippen LogP contribution in [0.3, 0.4) is 0 Å². The van der Waals surface area contributed by atoms with Crippen LogP contribution in [0.15, 0.2) is 30.3 Å². The van der Waals surface area contributed by atoms with Crippen LogP contribution < -0.4 is 5.32 Å². The molecule has 0 aliphatic carbocycles.